The van der Waals surface area contributed by atoms with Crippen molar-refractivity contribution in [2.75, 3.05) is 10.6 Å². The molecule has 0 radical (unpaired) electrons. The maximum Gasteiger partial charge on any atom is 0.292 e. The van der Waals surface area contributed by atoms with Crippen LogP contribution in [-0.2, 0) is 11.2 Å². The van der Waals surface area contributed by atoms with Crippen molar-refractivity contribution < 1.29 is 9.72 Å². The highest BCUT2D eigenvalue weighted by atomic mass is 16.6. The van der Waals surface area contributed by atoms with Gasteiger partial charge in [0.25, 0.3) is 5.69 Å². The third kappa shape index (κ3) is 4.29. The van der Waals surface area contributed by atoms with E-state index in [0.29, 0.717) is 0 Å². The van der Waals surface area contributed by atoms with Crippen LogP contribution in [0.2, 0.25) is 0 Å². The Bertz CT molecular complexity index is 698. The van der Waals surface area contributed by atoms with Gasteiger partial charge in [-0.1, -0.05) is 31.2 Å². The quantitative estimate of drug-likeness (QED) is 0.630. The molecule has 23 heavy (non-hydrogen) atoms. The molecule has 0 aliphatic rings. The smallest absolute Gasteiger partial charge is 0.292 e. The Morgan fingerprint density at radius 1 is 1.17 bits per heavy atom. The van der Waals surface area contributed by atoms with Crippen LogP contribution >= 0.6 is 0 Å². The maximum atomic E-state index is 12.2. The number of amides is 1. The van der Waals surface area contributed by atoms with E-state index in [0.717, 1.165) is 12.1 Å². The van der Waals surface area contributed by atoms with Crippen LogP contribution < -0.4 is 10.6 Å². The molecule has 1 amide bonds. The zero-order valence-electron chi connectivity index (χ0n) is 13.1. The molecule has 2 aromatic carbocycles. The zero-order valence-corrected chi connectivity index (χ0v) is 13.1. The molecule has 0 aromatic heterocycles. The van der Waals surface area contributed by atoms with Crippen molar-refractivity contribution in [3.8, 4) is 0 Å². The number of nitro benzene ring substituents is 1. The molecule has 0 bridgehead atoms. The number of carbonyl (C=O) groups is 1. The summed E-state index contributed by atoms with van der Waals surface area (Å²) in [6.45, 7) is 3.78. The minimum absolute atomic E-state index is 0.125. The number of benzene rings is 2. The average Bonchev–Trinajstić information content (AvgIpc) is 2.55. The van der Waals surface area contributed by atoms with E-state index in [1.807, 2.05) is 24.3 Å². The lowest BCUT2D eigenvalue weighted by Crippen LogP contribution is -2.32. The molecule has 2 N–H and O–H groups in total. The molecule has 2 aromatic rings. The summed E-state index contributed by atoms with van der Waals surface area (Å²) >= 11 is 0. The monoisotopic (exact) mass is 313 g/mol. The summed E-state index contributed by atoms with van der Waals surface area (Å²) in [6.07, 6.45) is 0.952. The van der Waals surface area contributed by atoms with E-state index in [9.17, 15) is 14.9 Å². The topological polar surface area (TPSA) is 84.3 Å². The van der Waals surface area contributed by atoms with E-state index in [2.05, 4.69) is 17.6 Å². The molecule has 6 nitrogen and oxygen atoms in total. The number of aryl methyl sites for hydroxylation is 1. The lowest BCUT2D eigenvalue weighted by atomic mass is 10.1. The summed E-state index contributed by atoms with van der Waals surface area (Å²) in [6, 6.07) is 13.4. The van der Waals surface area contributed by atoms with Crippen molar-refractivity contribution in [2.45, 2.75) is 26.3 Å². The van der Waals surface area contributed by atoms with Crippen LogP contribution in [0.3, 0.4) is 0 Å². The van der Waals surface area contributed by atoms with Gasteiger partial charge < -0.3 is 10.6 Å². The fourth-order valence-electron chi connectivity index (χ4n) is 2.13. The van der Waals surface area contributed by atoms with Gasteiger partial charge in [-0.2, -0.15) is 0 Å². The third-order valence-corrected chi connectivity index (χ3v) is 3.50. The number of rotatable bonds is 6. The van der Waals surface area contributed by atoms with E-state index in [1.54, 1.807) is 19.1 Å². The van der Waals surface area contributed by atoms with Crippen LogP contribution in [0.15, 0.2) is 48.5 Å². The predicted octanol–water partition coefficient (Wildman–Crippen LogP) is 3.60. The maximum absolute atomic E-state index is 12.2. The number of nitro groups is 1. The van der Waals surface area contributed by atoms with Crippen molar-refractivity contribution in [2.24, 2.45) is 0 Å². The summed E-state index contributed by atoms with van der Waals surface area (Å²) in [5.41, 5.74) is 2.11. The van der Waals surface area contributed by atoms with Gasteiger partial charge in [-0.3, -0.25) is 14.9 Å². The van der Waals surface area contributed by atoms with Gasteiger partial charge in [-0.15, -0.1) is 0 Å². The summed E-state index contributed by atoms with van der Waals surface area (Å²) < 4.78 is 0. The number of nitrogens with one attached hydrogen (secondary N) is 2. The molecule has 0 saturated heterocycles. The van der Waals surface area contributed by atoms with Crippen LogP contribution in [0.25, 0.3) is 0 Å². The third-order valence-electron chi connectivity index (χ3n) is 3.50. The minimum atomic E-state index is -0.526. The van der Waals surface area contributed by atoms with Gasteiger partial charge in [0, 0.05) is 11.8 Å². The standard InChI is InChI=1S/C17H19N3O3/c1-3-13-8-10-14(11-9-13)18-12(2)17(21)19-15-6-4-5-7-16(15)20(22)23/h4-12,18H,3H2,1-2H3,(H,19,21)/t12-/m1/s1. The first-order chi connectivity index (χ1) is 11.0. The molecule has 6 heteroatoms. The van der Waals surface area contributed by atoms with Gasteiger partial charge in [0.2, 0.25) is 5.91 Å². The highest BCUT2D eigenvalue weighted by molar-refractivity contribution is 5.97. The molecular weight excluding hydrogens is 294 g/mol. The number of hydrogen-bond donors (Lipinski definition) is 2. The predicted molar refractivity (Wildman–Crippen MR) is 90.6 cm³/mol. The van der Waals surface area contributed by atoms with Gasteiger partial charge >= 0.3 is 0 Å². The number of hydrogen-bond acceptors (Lipinski definition) is 4. The van der Waals surface area contributed by atoms with E-state index in [1.165, 1.54) is 17.7 Å². The van der Waals surface area contributed by atoms with Crippen LogP contribution in [0.1, 0.15) is 19.4 Å². The van der Waals surface area contributed by atoms with Crippen molar-refractivity contribution in [3.05, 3.63) is 64.2 Å². The highest BCUT2D eigenvalue weighted by Gasteiger charge is 2.18. The van der Waals surface area contributed by atoms with Gasteiger partial charge in [-0.25, -0.2) is 0 Å². The van der Waals surface area contributed by atoms with Crippen LogP contribution in [0, 0.1) is 10.1 Å². The second kappa shape index (κ2) is 7.40. The van der Waals surface area contributed by atoms with Crippen LogP contribution in [-0.4, -0.2) is 16.9 Å². The van der Waals surface area contributed by atoms with Gasteiger partial charge in [0.15, 0.2) is 0 Å². The normalized spacial score (nSPS) is 11.6. The lowest BCUT2D eigenvalue weighted by molar-refractivity contribution is -0.383. The lowest BCUT2D eigenvalue weighted by Gasteiger charge is -2.15. The summed E-state index contributed by atoms with van der Waals surface area (Å²) in [5, 5.41) is 16.6. The largest absolute Gasteiger partial charge is 0.374 e. The van der Waals surface area contributed by atoms with Crippen LogP contribution in [0.4, 0.5) is 17.1 Å². The molecule has 2 rings (SSSR count). The summed E-state index contributed by atoms with van der Waals surface area (Å²) in [7, 11) is 0. The Morgan fingerprint density at radius 2 is 1.83 bits per heavy atom. The molecule has 1 atom stereocenters. The number of nitrogens with zero attached hydrogens (tertiary/aromatic N) is 1. The number of para-hydroxylation sites is 2. The molecule has 0 saturated carbocycles. The molecule has 120 valence electrons. The Labute approximate surface area is 134 Å². The van der Waals surface area contributed by atoms with Gasteiger partial charge in [-0.05, 0) is 37.1 Å². The first-order valence-corrected chi connectivity index (χ1v) is 7.41. The molecule has 0 spiro atoms. The second-order valence-corrected chi connectivity index (χ2v) is 5.18. The second-order valence-electron chi connectivity index (χ2n) is 5.18. The first-order valence-electron chi connectivity index (χ1n) is 7.41. The van der Waals surface area contributed by atoms with Crippen LogP contribution in [0.5, 0.6) is 0 Å². The number of carbonyl (C=O) groups excluding carboxylic acids is 1. The van der Waals surface area contributed by atoms with E-state index in [-0.39, 0.29) is 17.3 Å². The summed E-state index contributed by atoms with van der Waals surface area (Å²) in [4.78, 5) is 22.7. The molecule has 0 heterocycles. The van der Waals surface area contributed by atoms with Crippen molar-refractivity contribution in [3.63, 3.8) is 0 Å². The fraction of sp³-hybridized carbons (Fsp3) is 0.235. The Kier molecular flexibility index (Phi) is 5.30. The van der Waals surface area contributed by atoms with Gasteiger partial charge in [0.1, 0.15) is 11.7 Å². The Balaban J connectivity index is 2.04. The zero-order chi connectivity index (χ0) is 16.8. The average molecular weight is 313 g/mol. The number of anilines is 2. The van der Waals surface area contributed by atoms with Crippen molar-refractivity contribution >= 4 is 23.0 Å². The fourth-order valence-corrected chi connectivity index (χ4v) is 2.13. The molecule has 0 unspecified atom stereocenters. The molecule has 0 fully saturated rings. The SMILES string of the molecule is CCc1ccc(N[C@H](C)C(=O)Nc2ccccc2[N+](=O)[O-])cc1. The van der Waals surface area contributed by atoms with Crippen molar-refractivity contribution in [1.29, 1.82) is 0 Å². The Hall–Kier alpha value is -2.89. The molecule has 0 aliphatic carbocycles. The molecular formula is C17H19N3O3. The van der Waals surface area contributed by atoms with Gasteiger partial charge in [0.05, 0.1) is 4.92 Å². The van der Waals surface area contributed by atoms with E-state index >= 15 is 0 Å². The molecule has 0 aliphatic heterocycles. The van der Waals surface area contributed by atoms with E-state index in [4.69, 9.17) is 0 Å². The summed E-state index contributed by atoms with van der Waals surface area (Å²) in [5.74, 6) is -0.334. The van der Waals surface area contributed by atoms with E-state index < -0.39 is 11.0 Å². The first kappa shape index (κ1) is 16.5. The minimum Gasteiger partial charge on any atom is -0.374 e. The Morgan fingerprint density at radius 3 is 2.43 bits per heavy atom. The van der Waals surface area contributed by atoms with Crippen molar-refractivity contribution in [1.82, 2.24) is 0 Å². The highest BCUT2D eigenvalue weighted by Crippen LogP contribution is 2.23.